The fourth-order valence-corrected chi connectivity index (χ4v) is 4.70. The van der Waals surface area contributed by atoms with Crippen LogP contribution in [0.2, 0.25) is 0 Å². The molecule has 4 rings (SSSR count). The molecule has 172 valence electrons. The zero-order chi connectivity index (χ0) is 23.4. The summed E-state index contributed by atoms with van der Waals surface area (Å²) >= 11 is 1.72. The van der Waals surface area contributed by atoms with Crippen LogP contribution in [0, 0.1) is 13.8 Å². The zero-order valence-electron chi connectivity index (χ0n) is 18.7. The van der Waals surface area contributed by atoms with Crippen molar-refractivity contribution in [3.05, 3.63) is 69.7 Å². The molecule has 0 fully saturated rings. The summed E-state index contributed by atoms with van der Waals surface area (Å²) in [5.41, 5.74) is 3.08. The maximum absolute atomic E-state index is 12.7. The van der Waals surface area contributed by atoms with Crippen molar-refractivity contribution in [3.8, 4) is 5.75 Å². The molecular weight excluding hydrogens is 440 g/mol. The van der Waals surface area contributed by atoms with Gasteiger partial charge < -0.3 is 18.9 Å². The minimum Gasteiger partial charge on any atom is -0.482 e. The van der Waals surface area contributed by atoms with Crippen molar-refractivity contribution in [2.24, 2.45) is 0 Å². The highest BCUT2D eigenvalue weighted by Crippen LogP contribution is 2.31. The monoisotopic (exact) mass is 466 g/mol. The van der Waals surface area contributed by atoms with Crippen LogP contribution in [0.1, 0.15) is 33.0 Å². The van der Waals surface area contributed by atoms with E-state index in [1.807, 2.05) is 38.1 Å². The first-order valence-corrected chi connectivity index (χ1v) is 11.7. The summed E-state index contributed by atoms with van der Waals surface area (Å²) in [4.78, 5) is 40.0. The molecule has 0 spiro atoms. The van der Waals surface area contributed by atoms with Crippen molar-refractivity contribution >= 4 is 34.7 Å². The Kier molecular flexibility index (Phi) is 6.93. The number of carbonyl (C=O) groups is 3. The first-order valence-electron chi connectivity index (χ1n) is 10.8. The molecule has 3 aromatic rings. The number of ketones is 1. The van der Waals surface area contributed by atoms with Crippen LogP contribution in [0.3, 0.4) is 0 Å². The van der Waals surface area contributed by atoms with Crippen LogP contribution >= 0.6 is 11.3 Å². The van der Waals surface area contributed by atoms with Gasteiger partial charge in [0, 0.05) is 34.9 Å². The van der Waals surface area contributed by atoms with E-state index in [0.717, 1.165) is 24.4 Å². The van der Waals surface area contributed by atoms with Crippen molar-refractivity contribution < 1.29 is 23.9 Å². The van der Waals surface area contributed by atoms with Gasteiger partial charge in [-0.2, -0.15) is 0 Å². The molecule has 3 heterocycles. The molecule has 2 aromatic heterocycles. The molecule has 0 saturated carbocycles. The van der Waals surface area contributed by atoms with E-state index in [9.17, 15) is 14.4 Å². The smallest absolute Gasteiger partial charge is 0.308 e. The number of hydrogen-bond donors (Lipinski definition) is 0. The zero-order valence-corrected chi connectivity index (χ0v) is 19.5. The molecule has 0 N–H and O–H groups in total. The standard InChI is InChI=1S/C25H26N2O5S/c1-17-14-20(18(2)26(17)11-9-19-6-5-13-33-19)22(28)15-32-25(30)10-12-27-21-7-3-4-8-23(21)31-16-24(27)29/h3-8,13-14H,9-12,15-16H2,1-2H3. The summed E-state index contributed by atoms with van der Waals surface area (Å²) in [7, 11) is 0. The third-order valence-electron chi connectivity index (χ3n) is 5.75. The predicted molar refractivity (Wildman–Crippen MR) is 126 cm³/mol. The lowest BCUT2D eigenvalue weighted by atomic mass is 10.1. The van der Waals surface area contributed by atoms with Crippen molar-refractivity contribution in [2.45, 2.75) is 33.2 Å². The Morgan fingerprint density at radius 2 is 1.94 bits per heavy atom. The van der Waals surface area contributed by atoms with Crippen molar-refractivity contribution in [2.75, 3.05) is 24.7 Å². The summed E-state index contributed by atoms with van der Waals surface area (Å²) in [6.07, 6.45) is 0.896. The van der Waals surface area contributed by atoms with Gasteiger partial charge in [0.15, 0.2) is 13.2 Å². The van der Waals surface area contributed by atoms with Crippen LogP contribution < -0.4 is 9.64 Å². The molecule has 8 heteroatoms. The minimum absolute atomic E-state index is 0.00676. The molecule has 1 aromatic carbocycles. The SMILES string of the molecule is Cc1cc(C(=O)COC(=O)CCN2C(=O)COc3ccccc32)c(C)n1CCc1cccs1. The Bertz CT molecular complexity index is 1170. The molecule has 1 aliphatic heterocycles. The van der Waals surface area contributed by atoms with Crippen LogP contribution in [0.15, 0.2) is 47.8 Å². The second kappa shape index (κ2) is 10.0. The van der Waals surface area contributed by atoms with E-state index in [2.05, 4.69) is 16.0 Å². The third-order valence-corrected chi connectivity index (χ3v) is 6.68. The van der Waals surface area contributed by atoms with Crippen molar-refractivity contribution in [3.63, 3.8) is 0 Å². The third kappa shape index (κ3) is 5.17. The number of esters is 1. The Morgan fingerprint density at radius 3 is 2.73 bits per heavy atom. The van der Waals surface area contributed by atoms with E-state index < -0.39 is 5.97 Å². The van der Waals surface area contributed by atoms with Gasteiger partial charge in [-0.05, 0) is 49.9 Å². The molecule has 0 unspecified atom stereocenters. The highest BCUT2D eigenvalue weighted by molar-refractivity contribution is 7.09. The van der Waals surface area contributed by atoms with Gasteiger partial charge in [0.25, 0.3) is 5.91 Å². The fraction of sp³-hybridized carbons (Fsp3) is 0.320. The minimum atomic E-state index is -0.522. The maximum atomic E-state index is 12.7. The number of Topliss-reactive ketones (excluding diaryl/α,β-unsaturated/α-hetero) is 1. The summed E-state index contributed by atoms with van der Waals surface area (Å²) in [5, 5.41) is 2.06. The number of para-hydroxylation sites is 2. The van der Waals surface area contributed by atoms with E-state index in [-0.39, 0.29) is 37.9 Å². The quantitative estimate of drug-likeness (QED) is 0.353. The van der Waals surface area contributed by atoms with Gasteiger partial charge >= 0.3 is 5.97 Å². The number of aromatic nitrogens is 1. The van der Waals surface area contributed by atoms with E-state index in [1.54, 1.807) is 23.5 Å². The molecule has 0 aliphatic carbocycles. The highest BCUT2D eigenvalue weighted by Gasteiger charge is 2.26. The van der Waals surface area contributed by atoms with Gasteiger partial charge in [-0.15, -0.1) is 11.3 Å². The number of nitrogens with zero attached hydrogens (tertiary/aromatic N) is 2. The van der Waals surface area contributed by atoms with E-state index in [1.165, 1.54) is 9.78 Å². The summed E-state index contributed by atoms with van der Waals surface area (Å²) in [6, 6.07) is 13.2. The second-order valence-corrected chi connectivity index (χ2v) is 8.93. The Balaban J connectivity index is 1.30. The van der Waals surface area contributed by atoms with Crippen LogP contribution in [0.5, 0.6) is 5.75 Å². The summed E-state index contributed by atoms with van der Waals surface area (Å²) in [5.74, 6) is -0.360. The Labute approximate surface area is 196 Å². The average Bonchev–Trinajstić information content (AvgIpc) is 3.43. The van der Waals surface area contributed by atoms with E-state index in [4.69, 9.17) is 9.47 Å². The lowest BCUT2D eigenvalue weighted by Gasteiger charge is -2.28. The number of amides is 1. The predicted octanol–water partition coefficient (Wildman–Crippen LogP) is 3.95. The molecule has 0 atom stereocenters. The van der Waals surface area contributed by atoms with Crippen LogP contribution in [0.4, 0.5) is 5.69 Å². The first kappa shape index (κ1) is 22.8. The topological polar surface area (TPSA) is 77.8 Å². The number of anilines is 1. The second-order valence-electron chi connectivity index (χ2n) is 7.90. The number of thiophene rings is 1. The lowest BCUT2D eigenvalue weighted by Crippen LogP contribution is -2.40. The number of ether oxygens (including phenoxy) is 2. The summed E-state index contributed by atoms with van der Waals surface area (Å²) in [6.45, 7) is 4.47. The first-order chi connectivity index (χ1) is 15.9. The number of aryl methyl sites for hydroxylation is 2. The fourth-order valence-electron chi connectivity index (χ4n) is 4.00. The Hall–Kier alpha value is -3.39. The Morgan fingerprint density at radius 1 is 1.12 bits per heavy atom. The van der Waals surface area contributed by atoms with Crippen LogP contribution in [-0.2, 0) is 27.3 Å². The van der Waals surface area contributed by atoms with E-state index in [0.29, 0.717) is 17.0 Å². The lowest BCUT2D eigenvalue weighted by molar-refractivity contribution is -0.142. The molecule has 1 aliphatic rings. The average molecular weight is 467 g/mol. The normalized spacial score (nSPS) is 12.9. The van der Waals surface area contributed by atoms with Gasteiger partial charge in [-0.1, -0.05) is 18.2 Å². The van der Waals surface area contributed by atoms with Crippen LogP contribution in [0.25, 0.3) is 0 Å². The number of fused-ring (bicyclic) bond motifs is 1. The van der Waals surface area contributed by atoms with Gasteiger partial charge in [-0.3, -0.25) is 14.4 Å². The molecular formula is C25H26N2O5S. The molecule has 33 heavy (non-hydrogen) atoms. The number of carbonyl (C=O) groups excluding carboxylic acids is 3. The molecule has 1 amide bonds. The molecule has 0 radical (unpaired) electrons. The summed E-state index contributed by atoms with van der Waals surface area (Å²) < 4.78 is 12.8. The molecule has 0 saturated heterocycles. The van der Waals surface area contributed by atoms with Crippen molar-refractivity contribution in [1.82, 2.24) is 4.57 Å². The maximum Gasteiger partial charge on any atom is 0.308 e. The number of benzene rings is 1. The van der Waals surface area contributed by atoms with Crippen LogP contribution in [-0.4, -0.2) is 42.0 Å². The van der Waals surface area contributed by atoms with Gasteiger partial charge in [0.2, 0.25) is 5.78 Å². The van der Waals surface area contributed by atoms with Gasteiger partial charge in [-0.25, -0.2) is 0 Å². The van der Waals surface area contributed by atoms with Crippen molar-refractivity contribution in [1.29, 1.82) is 0 Å². The number of hydrogen-bond acceptors (Lipinski definition) is 6. The molecule has 7 nitrogen and oxygen atoms in total. The molecule has 0 bridgehead atoms. The number of rotatable bonds is 9. The van der Waals surface area contributed by atoms with E-state index >= 15 is 0 Å². The van der Waals surface area contributed by atoms with Gasteiger partial charge in [0.1, 0.15) is 5.75 Å². The van der Waals surface area contributed by atoms with Gasteiger partial charge in [0.05, 0.1) is 12.1 Å². The largest absolute Gasteiger partial charge is 0.482 e. The highest BCUT2D eigenvalue weighted by atomic mass is 32.1.